The summed E-state index contributed by atoms with van der Waals surface area (Å²) in [5.74, 6) is -0.978. The molecule has 2 fully saturated rings. The van der Waals surface area contributed by atoms with Gasteiger partial charge in [-0.2, -0.15) is 0 Å². The van der Waals surface area contributed by atoms with Gasteiger partial charge in [0.15, 0.2) is 6.10 Å². The van der Waals surface area contributed by atoms with Crippen molar-refractivity contribution >= 4 is 23.5 Å². The van der Waals surface area contributed by atoms with Crippen molar-refractivity contribution in [3.63, 3.8) is 0 Å². The van der Waals surface area contributed by atoms with Crippen LogP contribution in [0.1, 0.15) is 18.9 Å². The van der Waals surface area contributed by atoms with E-state index in [1.807, 2.05) is 19.1 Å². The van der Waals surface area contributed by atoms with Crippen LogP contribution in [0.2, 0.25) is 0 Å². The first-order chi connectivity index (χ1) is 13.4. The predicted octanol–water partition coefficient (Wildman–Crippen LogP) is 1.15. The number of morpholine rings is 1. The number of hydrogen-bond acceptors (Lipinski definition) is 6. The van der Waals surface area contributed by atoms with Crippen molar-refractivity contribution in [2.75, 3.05) is 44.9 Å². The van der Waals surface area contributed by atoms with Crippen molar-refractivity contribution in [3.05, 3.63) is 23.8 Å². The van der Waals surface area contributed by atoms with E-state index < -0.39 is 18.0 Å². The van der Waals surface area contributed by atoms with Gasteiger partial charge >= 0.3 is 5.97 Å². The predicted molar refractivity (Wildman–Crippen MR) is 101 cm³/mol. The fraction of sp³-hybridized carbons (Fsp3) is 0.550. The van der Waals surface area contributed by atoms with E-state index in [1.54, 1.807) is 29.9 Å². The largest absolute Gasteiger partial charge is 0.495 e. The van der Waals surface area contributed by atoms with E-state index in [9.17, 15) is 14.4 Å². The number of ether oxygens (including phenoxy) is 3. The molecule has 1 aromatic carbocycles. The van der Waals surface area contributed by atoms with Crippen LogP contribution in [0, 0.1) is 12.8 Å². The molecule has 0 spiro atoms. The number of methoxy groups -OCH3 is 1. The SMILES string of the molecule is COc1ccc(C)cc1N1CC(C(=O)OC(C)C(=O)N2CCOCC2)CC1=O. The summed E-state index contributed by atoms with van der Waals surface area (Å²) < 4.78 is 16.0. The summed E-state index contributed by atoms with van der Waals surface area (Å²) in [6.45, 7) is 5.64. The Morgan fingerprint density at radius 3 is 2.64 bits per heavy atom. The van der Waals surface area contributed by atoms with Crippen LogP contribution in [0.3, 0.4) is 0 Å². The van der Waals surface area contributed by atoms with E-state index in [1.165, 1.54) is 0 Å². The average Bonchev–Trinajstić information content (AvgIpc) is 3.09. The fourth-order valence-electron chi connectivity index (χ4n) is 3.47. The minimum Gasteiger partial charge on any atom is -0.495 e. The average molecular weight is 390 g/mol. The maximum absolute atomic E-state index is 12.6. The van der Waals surface area contributed by atoms with Gasteiger partial charge in [-0.15, -0.1) is 0 Å². The Morgan fingerprint density at radius 2 is 1.96 bits per heavy atom. The Labute approximate surface area is 164 Å². The molecule has 0 aromatic heterocycles. The molecule has 0 aliphatic carbocycles. The van der Waals surface area contributed by atoms with Crippen molar-refractivity contribution < 1.29 is 28.6 Å². The van der Waals surface area contributed by atoms with Crippen LogP contribution in [-0.4, -0.2) is 68.7 Å². The topological polar surface area (TPSA) is 85.4 Å². The lowest BCUT2D eigenvalue weighted by molar-refractivity contribution is -0.163. The maximum Gasteiger partial charge on any atom is 0.312 e. The van der Waals surface area contributed by atoms with Crippen LogP contribution in [-0.2, 0) is 23.9 Å². The lowest BCUT2D eigenvalue weighted by atomic mass is 10.1. The molecule has 2 aliphatic rings. The number of benzene rings is 1. The highest BCUT2D eigenvalue weighted by molar-refractivity contribution is 6.00. The summed E-state index contributed by atoms with van der Waals surface area (Å²) in [6, 6.07) is 5.55. The molecule has 2 heterocycles. The molecule has 2 saturated heterocycles. The summed E-state index contributed by atoms with van der Waals surface area (Å²) in [5.41, 5.74) is 1.62. The first-order valence-electron chi connectivity index (χ1n) is 9.42. The highest BCUT2D eigenvalue weighted by Crippen LogP contribution is 2.34. The molecule has 2 unspecified atom stereocenters. The van der Waals surface area contributed by atoms with E-state index in [0.29, 0.717) is 37.7 Å². The van der Waals surface area contributed by atoms with Gasteiger partial charge < -0.3 is 24.0 Å². The molecule has 28 heavy (non-hydrogen) atoms. The molecule has 0 radical (unpaired) electrons. The Balaban J connectivity index is 1.63. The van der Waals surface area contributed by atoms with Gasteiger partial charge in [0.2, 0.25) is 5.91 Å². The molecule has 152 valence electrons. The maximum atomic E-state index is 12.6. The second kappa shape index (κ2) is 8.60. The lowest BCUT2D eigenvalue weighted by Gasteiger charge is -2.29. The number of nitrogens with zero attached hydrogens (tertiary/aromatic N) is 2. The standard InChI is InChI=1S/C20H26N2O6/c1-13-4-5-17(26-3)16(10-13)22-12-15(11-18(22)23)20(25)28-14(2)19(24)21-6-8-27-9-7-21/h4-5,10,14-15H,6-9,11-12H2,1-3H3. The zero-order chi connectivity index (χ0) is 20.3. The van der Waals surface area contributed by atoms with Crippen LogP contribution in [0.5, 0.6) is 5.75 Å². The second-order valence-electron chi connectivity index (χ2n) is 7.10. The van der Waals surface area contributed by atoms with Crippen molar-refractivity contribution in [3.8, 4) is 5.75 Å². The number of amides is 2. The first kappa shape index (κ1) is 20.1. The van der Waals surface area contributed by atoms with E-state index in [2.05, 4.69) is 0 Å². The quantitative estimate of drug-likeness (QED) is 0.701. The molecule has 8 nitrogen and oxygen atoms in total. The molecule has 0 N–H and O–H groups in total. The molecule has 3 rings (SSSR count). The van der Waals surface area contributed by atoms with Crippen LogP contribution in [0.25, 0.3) is 0 Å². The van der Waals surface area contributed by atoms with E-state index in [0.717, 1.165) is 5.56 Å². The minimum atomic E-state index is -0.886. The number of anilines is 1. The van der Waals surface area contributed by atoms with Gasteiger partial charge in [0.05, 0.1) is 31.9 Å². The molecule has 2 atom stereocenters. The van der Waals surface area contributed by atoms with E-state index >= 15 is 0 Å². The zero-order valence-electron chi connectivity index (χ0n) is 16.5. The molecule has 2 aliphatic heterocycles. The molecule has 1 aromatic rings. The van der Waals surface area contributed by atoms with Gasteiger partial charge in [-0.1, -0.05) is 6.07 Å². The number of carbonyl (C=O) groups excluding carboxylic acids is 3. The second-order valence-corrected chi connectivity index (χ2v) is 7.10. The fourth-order valence-corrected chi connectivity index (χ4v) is 3.47. The number of carbonyl (C=O) groups is 3. The first-order valence-corrected chi connectivity index (χ1v) is 9.42. The van der Waals surface area contributed by atoms with Crippen molar-refractivity contribution in [2.24, 2.45) is 5.92 Å². The van der Waals surface area contributed by atoms with Crippen molar-refractivity contribution in [1.82, 2.24) is 4.90 Å². The third-order valence-corrected chi connectivity index (χ3v) is 5.05. The summed E-state index contributed by atoms with van der Waals surface area (Å²) in [6.07, 6.45) is -0.836. The molecule has 0 saturated carbocycles. The van der Waals surface area contributed by atoms with Crippen molar-refractivity contribution in [2.45, 2.75) is 26.4 Å². The molecular formula is C20H26N2O6. The summed E-state index contributed by atoms with van der Waals surface area (Å²) in [4.78, 5) is 40.7. The van der Waals surface area contributed by atoms with E-state index in [-0.39, 0.29) is 24.8 Å². The highest BCUT2D eigenvalue weighted by Gasteiger charge is 2.38. The monoisotopic (exact) mass is 390 g/mol. The third kappa shape index (κ3) is 4.27. The number of esters is 1. The van der Waals surface area contributed by atoms with Gasteiger partial charge in [0.1, 0.15) is 5.75 Å². The highest BCUT2D eigenvalue weighted by atomic mass is 16.5. The normalized spacial score (nSPS) is 20.8. The summed E-state index contributed by atoms with van der Waals surface area (Å²) in [7, 11) is 1.54. The van der Waals surface area contributed by atoms with Crippen LogP contribution in [0.15, 0.2) is 18.2 Å². The lowest BCUT2D eigenvalue weighted by Crippen LogP contribution is -2.46. The molecule has 0 bridgehead atoms. The summed E-state index contributed by atoms with van der Waals surface area (Å²) in [5, 5.41) is 0. The van der Waals surface area contributed by atoms with Gasteiger partial charge in [-0.05, 0) is 31.5 Å². The molecule has 2 amide bonds. The third-order valence-electron chi connectivity index (χ3n) is 5.05. The Kier molecular flexibility index (Phi) is 6.18. The van der Waals surface area contributed by atoms with Gasteiger partial charge in [-0.25, -0.2) is 0 Å². The van der Waals surface area contributed by atoms with Gasteiger partial charge in [0.25, 0.3) is 5.91 Å². The smallest absolute Gasteiger partial charge is 0.312 e. The number of aryl methyl sites for hydroxylation is 1. The van der Waals surface area contributed by atoms with Crippen LogP contribution >= 0.6 is 0 Å². The van der Waals surface area contributed by atoms with Gasteiger partial charge in [0, 0.05) is 26.1 Å². The minimum absolute atomic E-state index is 0.0500. The Morgan fingerprint density at radius 1 is 1.25 bits per heavy atom. The van der Waals surface area contributed by atoms with Crippen LogP contribution in [0.4, 0.5) is 5.69 Å². The number of hydrogen-bond donors (Lipinski definition) is 0. The summed E-state index contributed by atoms with van der Waals surface area (Å²) >= 11 is 0. The Bertz CT molecular complexity index is 759. The zero-order valence-corrected chi connectivity index (χ0v) is 16.5. The molecular weight excluding hydrogens is 364 g/mol. The van der Waals surface area contributed by atoms with Crippen molar-refractivity contribution in [1.29, 1.82) is 0 Å². The van der Waals surface area contributed by atoms with Crippen LogP contribution < -0.4 is 9.64 Å². The number of rotatable bonds is 5. The molecule has 8 heteroatoms. The van der Waals surface area contributed by atoms with E-state index in [4.69, 9.17) is 14.2 Å². The van der Waals surface area contributed by atoms with Gasteiger partial charge in [-0.3, -0.25) is 14.4 Å². The Hall–Kier alpha value is -2.61.